The van der Waals surface area contributed by atoms with Crippen molar-refractivity contribution in [1.82, 2.24) is 5.32 Å². The molecule has 2 rings (SSSR count). The molecular formula is C15H24N2. The number of hydrogen-bond acceptors (Lipinski definition) is 2. The predicted octanol–water partition coefficient (Wildman–Crippen LogP) is 3.32. The molecule has 0 fully saturated rings. The summed E-state index contributed by atoms with van der Waals surface area (Å²) in [5, 5.41) is 7.03. The minimum absolute atomic E-state index is 0.621. The lowest BCUT2D eigenvalue weighted by Crippen LogP contribution is -2.25. The van der Waals surface area contributed by atoms with Crippen LogP contribution in [0.5, 0.6) is 0 Å². The third kappa shape index (κ3) is 3.47. The van der Waals surface area contributed by atoms with Gasteiger partial charge in [-0.3, -0.25) is 0 Å². The lowest BCUT2D eigenvalue weighted by atomic mass is 10.1. The first-order valence-corrected chi connectivity index (χ1v) is 6.88. The number of benzene rings is 1. The number of rotatable bonds is 6. The van der Waals surface area contributed by atoms with Crippen LogP contribution in [0.4, 0.5) is 5.69 Å². The number of hydrogen-bond donors (Lipinski definition) is 2. The zero-order chi connectivity index (χ0) is 12.1. The Bertz CT molecular complexity index is 360. The first-order valence-electron chi connectivity index (χ1n) is 6.88. The summed E-state index contributed by atoms with van der Waals surface area (Å²) in [6.45, 7) is 6.61. The maximum absolute atomic E-state index is 3.60. The molecule has 0 aliphatic carbocycles. The molecule has 1 aromatic rings. The van der Waals surface area contributed by atoms with Gasteiger partial charge in [-0.2, -0.15) is 0 Å². The average molecular weight is 232 g/mol. The third-order valence-corrected chi connectivity index (χ3v) is 3.53. The molecule has 1 aliphatic heterocycles. The first kappa shape index (κ1) is 12.4. The third-order valence-electron chi connectivity index (χ3n) is 3.53. The molecule has 1 atom stereocenters. The van der Waals surface area contributed by atoms with Gasteiger partial charge in [-0.05, 0) is 37.0 Å². The van der Waals surface area contributed by atoms with E-state index in [1.807, 2.05) is 0 Å². The fraction of sp³-hybridized carbons (Fsp3) is 0.600. The topological polar surface area (TPSA) is 24.1 Å². The van der Waals surface area contributed by atoms with E-state index < -0.39 is 0 Å². The van der Waals surface area contributed by atoms with Gasteiger partial charge in [0.1, 0.15) is 0 Å². The number of anilines is 1. The zero-order valence-electron chi connectivity index (χ0n) is 11.1. The van der Waals surface area contributed by atoms with Crippen LogP contribution >= 0.6 is 0 Å². The van der Waals surface area contributed by atoms with Crippen LogP contribution in [0.25, 0.3) is 0 Å². The van der Waals surface area contributed by atoms with Crippen molar-refractivity contribution in [3.05, 3.63) is 29.3 Å². The minimum atomic E-state index is 0.621. The Balaban J connectivity index is 1.83. The maximum Gasteiger partial charge on any atom is 0.0376 e. The molecule has 0 spiro atoms. The van der Waals surface area contributed by atoms with Gasteiger partial charge < -0.3 is 10.6 Å². The molecule has 0 radical (unpaired) electrons. The van der Waals surface area contributed by atoms with Crippen molar-refractivity contribution in [1.29, 1.82) is 0 Å². The molecule has 0 bridgehead atoms. The second-order valence-electron chi connectivity index (χ2n) is 5.09. The molecular weight excluding hydrogens is 208 g/mol. The van der Waals surface area contributed by atoms with E-state index in [1.54, 1.807) is 0 Å². The Morgan fingerprint density at radius 2 is 2.29 bits per heavy atom. The van der Waals surface area contributed by atoms with E-state index in [1.165, 1.54) is 42.5 Å². The summed E-state index contributed by atoms with van der Waals surface area (Å²) >= 11 is 0. The average Bonchev–Trinajstić information content (AvgIpc) is 2.81. The molecule has 0 saturated heterocycles. The Morgan fingerprint density at radius 3 is 3.12 bits per heavy atom. The molecule has 17 heavy (non-hydrogen) atoms. The van der Waals surface area contributed by atoms with Crippen LogP contribution in [-0.4, -0.2) is 12.6 Å². The van der Waals surface area contributed by atoms with Gasteiger partial charge in [0.25, 0.3) is 0 Å². The fourth-order valence-electron chi connectivity index (χ4n) is 2.35. The standard InChI is InChI=1S/C15H24N2/c1-3-4-5-12(2)17-11-13-6-7-14-8-9-16-15(14)10-13/h6-7,10,12,16-17H,3-5,8-9,11H2,1-2H3. The molecule has 0 aromatic heterocycles. The fourth-order valence-corrected chi connectivity index (χ4v) is 2.35. The summed E-state index contributed by atoms with van der Waals surface area (Å²) in [4.78, 5) is 0. The van der Waals surface area contributed by atoms with Crippen LogP contribution < -0.4 is 10.6 Å². The van der Waals surface area contributed by atoms with Crippen molar-refractivity contribution in [2.45, 2.75) is 52.1 Å². The highest BCUT2D eigenvalue weighted by atomic mass is 14.9. The van der Waals surface area contributed by atoms with Gasteiger partial charge in [0.2, 0.25) is 0 Å². The zero-order valence-corrected chi connectivity index (χ0v) is 11.1. The van der Waals surface area contributed by atoms with Crippen LogP contribution in [0, 0.1) is 0 Å². The molecule has 1 unspecified atom stereocenters. The molecule has 1 heterocycles. The Labute approximate surface area is 105 Å². The Morgan fingerprint density at radius 1 is 1.41 bits per heavy atom. The van der Waals surface area contributed by atoms with Gasteiger partial charge >= 0.3 is 0 Å². The monoisotopic (exact) mass is 232 g/mol. The van der Waals surface area contributed by atoms with E-state index >= 15 is 0 Å². The first-order chi connectivity index (χ1) is 8.29. The summed E-state index contributed by atoms with van der Waals surface area (Å²) in [6.07, 6.45) is 5.06. The molecule has 94 valence electrons. The van der Waals surface area contributed by atoms with Crippen LogP contribution in [-0.2, 0) is 13.0 Å². The van der Waals surface area contributed by atoms with Crippen molar-refractivity contribution < 1.29 is 0 Å². The van der Waals surface area contributed by atoms with Crippen LogP contribution in [0.2, 0.25) is 0 Å². The molecule has 1 aromatic carbocycles. The number of fused-ring (bicyclic) bond motifs is 1. The second-order valence-corrected chi connectivity index (χ2v) is 5.09. The number of unbranched alkanes of at least 4 members (excludes halogenated alkanes) is 1. The van der Waals surface area contributed by atoms with Gasteiger partial charge in [0.05, 0.1) is 0 Å². The largest absolute Gasteiger partial charge is 0.384 e. The van der Waals surface area contributed by atoms with Crippen LogP contribution in [0.15, 0.2) is 18.2 Å². The van der Waals surface area contributed by atoms with E-state index in [0.717, 1.165) is 13.1 Å². The lowest BCUT2D eigenvalue weighted by molar-refractivity contribution is 0.495. The van der Waals surface area contributed by atoms with E-state index in [2.05, 4.69) is 42.7 Å². The van der Waals surface area contributed by atoms with Gasteiger partial charge in [0, 0.05) is 24.8 Å². The van der Waals surface area contributed by atoms with Crippen molar-refractivity contribution in [3.8, 4) is 0 Å². The lowest BCUT2D eigenvalue weighted by Gasteiger charge is -2.13. The molecule has 2 N–H and O–H groups in total. The molecule has 0 amide bonds. The maximum atomic E-state index is 3.60. The molecule has 2 nitrogen and oxygen atoms in total. The second kappa shape index (κ2) is 6.06. The van der Waals surface area contributed by atoms with Crippen LogP contribution in [0.1, 0.15) is 44.2 Å². The van der Waals surface area contributed by atoms with E-state index in [-0.39, 0.29) is 0 Å². The Hall–Kier alpha value is -1.02. The summed E-state index contributed by atoms with van der Waals surface area (Å²) in [7, 11) is 0. The van der Waals surface area contributed by atoms with Crippen LogP contribution in [0.3, 0.4) is 0 Å². The molecule has 2 heteroatoms. The summed E-state index contributed by atoms with van der Waals surface area (Å²) < 4.78 is 0. The predicted molar refractivity (Wildman–Crippen MR) is 74.5 cm³/mol. The van der Waals surface area contributed by atoms with Gasteiger partial charge in [-0.25, -0.2) is 0 Å². The minimum Gasteiger partial charge on any atom is -0.384 e. The highest BCUT2D eigenvalue weighted by Gasteiger charge is 2.10. The van der Waals surface area contributed by atoms with E-state index in [9.17, 15) is 0 Å². The highest BCUT2D eigenvalue weighted by Crippen LogP contribution is 2.23. The van der Waals surface area contributed by atoms with E-state index in [0.29, 0.717) is 6.04 Å². The van der Waals surface area contributed by atoms with Crippen molar-refractivity contribution in [2.75, 3.05) is 11.9 Å². The summed E-state index contributed by atoms with van der Waals surface area (Å²) in [6, 6.07) is 7.44. The quantitative estimate of drug-likeness (QED) is 0.786. The van der Waals surface area contributed by atoms with Crippen molar-refractivity contribution >= 4 is 5.69 Å². The SMILES string of the molecule is CCCCC(C)NCc1ccc2c(c1)NCC2. The van der Waals surface area contributed by atoms with Gasteiger partial charge in [0.15, 0.2) is 0 Å². The van der Waals surface area contributed by atoms with Crippen molar-refractivity contribution in [2.24, 2.45) is 0 Å². The van der Waals surface area contributed by atoms with Crippen molar-refractivity contribution in [3.63, 3.8) is 0 Å². The highest BCUT2D eigenvalue weighted by molar-refractivity contribution is 5.56. The summed E-state index contributed by atoms with van der Waals surface area (Å²) in [5.41, 5.74) is 4.19. The normalized spacial score (nSPS) is 15.4. The number of nitrogens with one attached hydrogen (secondary N) is 2. The Kier molecular flexibility index (Phi) is 4.43. The van der Waals surface area contributed by atoms with Gasteiger partial charge in [-0.1, -0.05) is 31.9 Å². The molecule has 1 aliphatic rings. The van der Waals surface area contributed by atoms with E-state index in [4.69, 9.17) is 0 Å². The summed E-state index contributed by atoms with van der Waals surface area (Å²) in [5.74, 6) is 0. The smallest absolute Gasteiger partial charge is 0.0376 e. The van der Waals surface area contributed by atoms with Gasteiger partial charge in [-0.15, -0.1) is 0 Å². The molecule has 0 saturated carbocycles.